The maximum atomic E-state index is 4.12. The second-order valence-corrected chi connectivity index (χ2v) is 9.29. The van der Waals surface area contributed by atoms with E-state index in [-0.39, 0.29) is 0 Å². The van der Waals surface area contributed by atoms with Crippen LogP contribution in [0.15, 0.2) is 11.6 Å². The summed E-state index contributed by atoms with van der Waals surface area (Å²) in [6.45, 7) is 4.09. The number of hydrogen-bond donors (Lipinski definition) is 1. The summed E-state index contributed by atoms with van der Waals surface area (Å²) in [4.78, 5) is 5.83. The number of fused-ring (bicyclic) bond motifs is 6. The second-order valence-electron chi connectivity index (χ2n) is 9.29. The fourth-order valence-corrected chi connectivity index (χ4v) is 7.59. The first-order chi connectivity index (χ1) is 11.4. The maximum absolute atomic E-state index is 4.12. The Morgan fingerprint density at radius 3 is 3.04 bits per heavy atom. The molecular formula is C20H31N3. The maximum Gasteiger partial charge on any atom is 0.0604 e. The van der Waals surface area contributed by atoms with E-state index >= 15 is 0 Å². The molecule has 5 saturated heterocycles. The van der Waals surface area contributed by atoms with Gasteiger partial charge in [0.1, 0.15) is 0 Å². The zero-order valence-corrected chi connectivity index (χ0v) is 14.3. The lowest BCUT2D eigenvalue weighted by Crippen LogP contribution is -2.78. The third-order valence-electron chi connectivity index (χ3n) is 8.27. The molecule has 6 unspecified atom stereocenters. The van der Waals surface area contributed by atoms with E-state index in [0.29, 0.717) is 11.6 Å². The van der Waals surface area contributed by atoms with Crippen molar-refractivity contribution in [2.75, 3.05) is 19.6 Å². The number of nitrogens with zero attached hydrogens (tertiary/aromatic N) is 2. The van der Waals surface area contributed by atoms with Gasteiger partial charge in [0, 0.05) is 36.6 Å². The third kappa shape index (κ3) is 1.77. The Bertz CT molecular complexity index is 543. The number of piperidine rings is 4. The van der Waals surface area contributed by atoms with Crippen molar-refractivity contribution in [2.45, 2.75) is 82.1 Å². The largest absolute Gasteiger partial charge is 0.299 e. The normalized spacial score (nSPS) is 52.3. The summed E-state index contributed by atoms with van der Waals surface area (Å²) in [6.07, 6.45) is 16.3. The first kappa shape index (κ1) is 13.9. The van der Waals surface area contributed by atoms with E-state index in [1.54, 1.807) is 0 Å². The van der Waals surface area contributed by atoms with Gasteiger partial charge < -0.3 is 0 Å². The molecule has 6 aliphatic rings. The molecule has 6 atom stereocenters. The smallest absolute Gasteiger partial charge is 0.0604 e. The molecule has 5 aliphatic heterocycles. The molecule has 3 heteroatoms. The Labute approximate surface area is 140 Å². The number of rotatable bonds is 0. The van der Waals surface area contributed by atoms with Gasteiger partial charge in [-0.25, -0.2) is 0 Å². The van der Waals surface area contributed by atoms with Gasteiger partial charge in [0.25, 0.3) is 0 Å². The Hall–Kier alpha value is -0.380. The SMILES string of the molecule is C1=C2CCCN3C4CCCC(N4)C4(CC1C1CCCCN1C4)C23. The van der Waals surface area contributed by atoms with Gasteiger partial charge in [-0.2, -0.15) is 0 Å². The van der Waals surface area contributed by atoms with Crippen LogP contribution < -0.4 is 5.32 Å². The van der Waals surface area contributed by atoms with Crippen molar-refractivity contribution in [3.8, 4) is 0 Å². The van der Waals surface area contributed by atoms with E-state index in [0.717, 1.165) is 24.0 Å². The van der Waals surface area contributed by atoms with Crippen molar-refractivity contribution in [1.29, 1.82) is 0 Å². The fraction of sp³-hybridized carbons (Fsp3) is 0.900. The molecule has 1 N–H and O–H groups in total. The Kier molecular flexibility index (Phi) is 2.91. The highest BCUT2D eigenvalue weighted by Crippen LogP contribution is 2.57. The summed E-state index contributed by atoms with van der Waals surface area (Å²) in [7, 11) is 0. The van der Waals surface area contributed by atoms with Crippen molar-refractivity contribution in [2.24, 2.45) is 11.3 Å². The summed E-state index contributed by atoms with van der Waals surface area (Å²) in [5.74, 6) is 0.857. The molecule has 23 heavy (non-hydrogen) atoms. The molecule has 4 bridgehead atoms. The zero-order chi connectivity index (χ0) is 15.0. The van der Waals surface area contributed by atoms with Crippen molar-refractivity contribution >= 4 is 0 Å². The Balaban J connectivity index is 1.49. The van der Waals surface area contributed by atoms with Gasteiger partial charge in [-0.15, -0.1) is 0 Å². The molecule has 1 aliphatic carbocycles. The highest BCUT2D eigenvalue weighted by molar-refractivity contribution is 5.32. The zero-order valence-electron chi connectivity index (χ0n) is 14.3. The monoisotopic (exact) mass is 313 g/mol. The molecule has 3 nitrogen and oxygen atoms in total. The summed E-state index contributed by atoms with van der Waals surface area (Å²) in [5.41, 5.74) is 2.39. The average Bonchev–Trinajstić information content (AvgIpc) is 2.60. The van der Waals surface area contributed by atoms with Crippen LogP contribution in [0.5, 0.6) is 0 Å². The average molecular weight is 313 g/mol. The highest BCUT2D eigenvalue weighted by Gasteiger charge is 2.61. The molecule has 5 heterocycles. The third-order valence-corrected chi connectivity index (χ3v) is 8.27. The quantitative estimate of drug-likeness (QED) is 0.694. The van der Waals surface area contributed by atoms with E-state index < -0.39 is 0 Å². The number of nitrogens with one attached hydrogen (secondary N) is 1. The van der Waals surface area contributed by atoms with Gasteiger partial charge >= 0.3 is 0 Å². The first-order valence-corrected chi connectivity index (χ1v) is 10.3. The lowest BCUT2D eigenvalue weighted by atomic mass is 9.54. The van der Waals surface area contributed by atoms with E-state index in [4.69, 9.17) is 0 Å². The molecule has 1 spiro atoms. The fourth-order valence-electron chi connectivity index (χ4n) is 7.59. The van der Waals surface area contributed by atoms with Crippen LogP contribution in [-0.4, -0.2) is 53.7 Å². The molecule has 0 aromatic heterocycles. The lowest BCUT2D eigenvalue weighted by Gasteiger charge is -2.68. The molecule has 0 radical (unpaired) electrons. The van der Waals surface area contributed by atoms with E-state index in [9.17, 15) is 0 Å². The van der Waals surface area contributed by atoms with Gasteiger partial charge in [0.15, 0.2) is 0 Å². The topological polar surface area (TPSA) is 18.5 Å². The number of hydrogen-bond acceptors (Lipinski definition) is 3. The van der Waals surface area contributed by atoms with Crippen LogP contribution >= 0.6 is 0 Å². The molecule has 126 valence electrons. The van der Waals surface area contributed by atoms with Gasteiger partial charge in [-0.1, -0.05) is 18.1 Å². The van der Waals surface area contributed by atoms with Crippen molar-refractivity contribution in [3.63, 3.8) is 0 Å². The minimum absolute atomic E-state index is 0.528. The van der Waals surface area contributed by atoms with Gasteiger partial charge in [0.05, 0.1) is 6.17 Å². The second kappa shape index (κ2) is 4.83. The first-order valence-electron chi connectivity index (χ1n) is 10.3. The molecule has 6 rings (SSSR count). The van der Waals surface area contributed by atoms with E-state index in [1.165, 1.54) is 77.4 Å². The lowest BCUT2D eigenvalue weighted by molar-refractivity contribution is -0.140. The minimum atomic E-state index is 0.528. The van der Waals surface area contributed by atoms with Crippen molar-refractivity contribution in [1.82, 2.24) is 15.1 Å². The summed E-state index contributed by atoms with van der Waals surface area (Å²) < 4.78 is 0. The molecule has 0 amide bonds. The van der Waals surface area contributed by atoms with Crippen molar-refractivity contribution in [3.05, 3.63) is 11.6 Å². The Morgan fingerprint density at radius 1 is 1.04 bits per heavy atom. The molecule has 0 aromatic rings. The minimum Gasteiger partial charge on any atom is -0.299 e. The summed E-state index contributed by atoms with van der Waals surface area (Å²) >= 11 is 0. The molecular weight excluding hydrogens is 282 g/mol. The molecule has 0 saturated carbocycles. The highest BCUT2D eigenvalue weighted by atomic mass is 15.4. The molecule has 5 fully saturated rings. The van der Waals surface area contributed by atoms with Gasteiger partial charge in [-0.05, 0) is 63.8 Å². The van der Waals surface area contributed by atoms with Crippen LogP contribution in [-0.2, 0) is 0 Å². The van der Waals surface area contributed by atoms with Crippen LogP contribution in [0.1, 0.15) is 57.8 Å². The van der Waals surface area contributed by atoms with Gasteiger partial charge in [0.2, 0.25) is 0 Å². The van der Waals surface area contributed by atoms with E-state index in [1.807, 2.05) is 5.57 Å². The van der Waals surface area contributed by atoms with Crippen molar-refractivity contribution < 1.29 is 0 Å². The van der Waals surface area contributed by atoms with Crippen LogP contribution in [0, 0.1) is 11.3 Å². The predicted octanol–water partition coefficient (Wildman–Crippen LogP) is 2.73. The van der Waals surface area contributed by atoms with Gasteiger partial charge in [-0.3, -0.25) is 15.1 Å². The van der Waals surface area contributed by atoms with Crippen LogP contribution in [0.2, 0.25) is 0 Å². The predicted molar refractivity (Wildman–Crippen MR) is 92.1 cm³/mol. The van der Waals surface area contributed by atoms with E-state index in [2.05, 4.69) is 21.2 Å². The molecule has 0 aromatic carbocycles. The van der Waals surface area contributed by atoms with Crippen LogP contribution in [0.4, 0.5) is 0 Å². The van der Waals surface area contributed by atoms with Crippen LogP contribution in [0.25, 0.3) is 0 Å². The standard InChI is InChI=1S/C20H31N3/c1-2-9-22-13-20-12-15(16(22)6-1)11-14-5-4-10-23(19(14)20)18-8-3-7-17(20)21-18/h11,15-19,21H,1-10,12-13H2. The summed E-state index contributed by atoms with van der Waals surface area (Å²) in [5, 5.41) is 4.12. The Morgan fingerprint density at radius 2 is 2.04 bits per heavy atom. The van der Waals surface area contributed by atoms with Crippen LogP contribution in [0.3, 0.4) is 0 Å². The summed E-state index contributed by atoms with van der Waals surface area (Å²) in [6, 6.07) is 2.45.